The molecule has 0 radical (unpaired) electrons. The smallest absolute Gasteiger partial charge is 0.358 e. The first-order valence-electron chi connectivity index (χ1n) is 6.88. The lowest BCUT2D eigenvalue weighted by molar-refractivity contribution is 0.0687. The van der Waals surface area contributed by atoms with Crippen LogP contribution in [0.4, 0.5) is 0 Å². The summed E-state index contributed by atoms with van der Waals surface area (Å²) < 4.78 is 5.55. The Balaban J connectivity index is 1.95. The van der Waals surface area contributed by atoms with E-state index in [0.717, 1.165) is 4.80 Å². The molecule has 1 aromatic heterocycles. The second kappa shape index (κ2) is 6.90. The Morgan fingerprint density at radius 1 is 1.04 bits per heavy atom. The van der Waals surface area contributed by atoms with Gasteiger partial charge in [0.1, 0.15) is 23.7 Å². The molecular weight excluding hydrogens is 353 g/mol. The van der Waals surface area contributed by atoms with Crippen molar-refractivity contribution in [1.82, 2.24) is 15.0 Å². The molecule has 8 heteroatoms. The topological polar surface area (TPSA) is 77.2 Å². The summed E-state index contributed by atoms with van der Waals surface area (Å²) in [4.78, 5) is 12.5. The minimum atomic E-state index is -1.21. The zero-order chi connectivity index (χ0) is 17.1. The molecule has 0 spiro atoms. The first-order chi connectivity index (χ1) is 11.6. The predicted molar refractivity (Wildman–Crippen MR) is 89.1 cm³/mol. The maximum atomic E-state index is 11.4. The van der Waals surface area contributed by atoms with Gasteiger partial charge in [-0.05, 0) is 24.3 Å². The van der Waals surface area contributed by atoms with E-state index in [1.165, 1.54) is 0 Å². The van der Waals surface area contributed by atoms with E-state index < -0.39 is 5.97 Å². The third-order valence-corrected chi connectivity index (χ3v) is 3.75. The highest BCUT2D eigenvalue weighted by molar-refractivity contribution is 6.37. The summed E-state index contributed by atoms with van der Waals surface area (Å²) in [5, 5.41) is 18.1. The molecule has 1 heterocycles. The van der Waals surface area contributed by atoms with Crippen LogP contribution in [-0.4, -0.2) is 26.1 Å². The molecule has 0 bridgehead atoms. The van der Waals surface area contributed by atoms with E-state index in [4.69, 9.17) is 27.9 Å². The molecule has 122 valence electrons. The van der Waals surface area contributed by atoms with Crippen LogP contribution < -0.4 is 4.74 Å². The lowest BCUT2D eigenvalue weighted by atomic mass is 10.3. The first kappa shape index (κ1) is 16.3. The summed E-state index contributed by atoms with van der Waals surface area (Å²) in [7, 11) is 0. The highest BCUT2D eigenvalue weighted by Gasteiger charge is 2.21. The van der Waals surface area contributed by atoms with Crippen molar-refractivity contribution in [2.45, 2.75) is 6.61 Å². The Hall–Kier alpha value is -2.57. The second-order valence-corrected chi connectivity index (χ2v) is 5.58. The Labute approximate surface area is 147 Å². The number of benzene rings is 2. The molecule has 6 nitrogen and oxygen atoms in total. The molecule has 0 aliphatic heterocycles. The fraction of sp³-hybridized carbons (Fsp3) is 0.0625. The van der Waals surface area contributed by atoms with Crippen molar-refractivity contribution in [2.75, 3.05) is 0 Å². The lowest BCUT2D eigenvalue weighted by Crippen LogP contribution is -2.05. The Morgan fingerprint density at radius 2 is 1.71 bits per heavy atom. The number of nitrogens with zero attached hydrogens (tertiary/aromatic N) is 3. The SMILES string of the molecule is O=C(O)c1nn(-c2c(Cl)cccc2Cl)nc1COc1ccccc1. The summed E-state index contributed by atoms with van der Waals surface area (Å²) in [5.74, 6) is -0.616. The van der Waals surface area contributed by atoms with Crippen molar-refractivity contribution in [3.8, 4) is 11.4 Å². The van der Waals surface area contributed by atoms with Gasteiger partial charge in [-0.1, -0.05) is 47.5 Å². The molecule has 0 saturated heterocycles. The largest absolute Gasteiger partial charge is 0.487 e. The van der Waals surface area contributed by atoms with E-state index in [2.05, 4.69) is 10.2 Å². The number of para-hydroxylation sites is 2. The lowest BCUT2D eigenvalue weighted by Gasteiger charge is -2.05. The van der Waals surface area contributed by atoms with E-state index in [9.17, 15) is 9.90 Å². The average Bonchev–Trinajstić information content (AvgIpc) is 2.98. The van der Waals surface area contributed by atoms with Crippen LogP contribution in [-0.2, 0) is 6.61 Å². The number of carbonyl (C=O) groups is 1. The molecule has 0 aliphatic rings. The van der Waals surface area contributed by atoms with Gasteiger partial charge in [0.05, 0.1) is 10.0 Å². The highest BCUT2D eigenvalue weighted by atomic mass is 35.5. The van der Waals surface area contributed by atoms with Gasteiger partial charge in [0.25, 0.3) is 0 Å². The summed E-state index contributed by atoms with van der Waals surface area (Å²) in [6, 6.07) is 13.9. The van der Waals surface area contributed by atoms with Gasteiger partial charge in [0.15, 0.2) is 5.69 Å². The number of ether oxygens (including phenoxy) is 1. The normalized spacial score (nSPS) is 10.6. The third-order valence-electron chi connectivity index (χ3n) is 3.14. The molecule has 2 aromatic carbocycles. The first-order valence-corrected chi connectivity index (χ1v) is 7.63. The number of hydrogen-bond acceptors (Lipinski definition) is 4. The van der Waals surface area contributed by atoms with Crippen LogP contribution in [0.5, 0.6) is 5.75 Å². The van der Waals surface area contributed by atoms with Gasteiger partial charge in [-0.3, -0.25) is 0 Å². The molecular formula is C16H11Cl2N3O3. The fourth-order valence-corrected chi connectivity index (χ4v) is 2.60. The van der Waals surface area contributed by atoms with Crippen LogP contribution in [0.3, 0.4) is 0 Å². The van der Waals surface area contributed by atoms with Gasteiger partial charge in [-0.2, -0.15) is 0 Å². The summed E-state index contributed by atoms with van der Waals surface area (Å²) in [6.45, 7) is -0.0479. The maximum absolute atomic E-state index is 11.4. The fourth-order valence-electron chi connectivity index (χ4n) is 2.05. The third kappa shape index (κ3) is 3.34. The number of halogens is 2. The molecule has 0 saturated carbocycles. The van der Waals surface area contributed by atoms with E-state index in [1.54, 1.807) is 30.3 Å². The molecule has 0 fully saturated rings. The van der Waals surface area contributed by atoms with Crippen LogP contribution in [0.15, 0.2) is 48.5 Å². The van der Waals surface area contributed by atoms with E-state index >= 15 is 0 Å². The highest BCUT2D eigenvalue weighted by Crippen LogP contribution is 2.27. The van der Waals surface area contributed by atoms with Gasteiger partial charge in [0.2, 0.25) is 0 Å². The van der Waals surface area contributed by atoms with Gasteiger partial charge in [-0.25, -0.2) is 4.79 Å². The van der Waals surface area contributed by atoms with E-state index in [1.807, 2.05) is 18.2 Å². The molecule has 3 aromatic rings. The summed E-state index contributed by atoms with van der Waals surface area (Å²) >= 11 is 12.2. The molecule has 0 unspecified atom stereocenters. The van der Waals surface area contributed by atoms with Crippen LogP contribution >= 0.6 is 23.2 Å². The van der Waals surface area contributed by atoms with Crippen LogP contribution in [0.1, 0.15) is 16.2 Å². The number of aromatic carboxylic acids is 1. The van der Waals surface area contributed by atoms with Crippen LogP contribution in [0.25, 0.3) is 5.69 Å². The number of hydrogen-bond donors (Lipinski definition) is 1. The minimum absolute atomic E-state index is 0.0479. The average molecular weight is 364 g/mol. The van der Waals surface area contributed by atoms with Crippen molar-refractivity contribution in [2.24, 2.45) is 0 Å². The Bertz CT molecular complexity index is 861. The summed E-state index contributed by atoms with van der Waals surface area (Å²) in [6.07, 6.45) is 0. The van der Waals surface area contributed by atoms with Crippen molar-refractivity contribution >= 4 is 29.2 Å². The number of carboxylic acid groups (broad SMARTS) is 1. The predicted octanol–water partition coefficient (Wildman–Crippen LogP) is 3.85. The van der Waals surface area contributed by atoms with E-state index in [0.29, 0.717) is 21.5 Å². The van der Waals surface area contributed by atoms with Crippen LogP contribution in [0, 0.1) is 0 Å². The van der Waals surface area contributed by atoms with Crippen molar-refractivity contribution in [3.63, 3.8) is 0 Å². The number of carboxylic acids is 1. The number of rotatable bonds is 5. The maximum Gasteiger partial charge on any atom is 0.358 e. The zero-order valence-corrected chi connectivity index (χ0v) is 13.7. The van der Waals surface area contributed by atoms with Crippen molar-refractivity contribution in [3.05, 3.63) is 70.0 Å². The van der Waals surface area contributed by atoms with E-state index in [-0.39, 0.29) is 18.0 Å². The molecule has 0 atom stereocenters. The van der Waals surface area contributed by atoms with Crippen molar-refractivity contribution in [1.29, 1.82) is 0 Å². The summed E-state index contributed by atoms with van der Waals surface area (Å²) in [5.41, 5.74) is 0.263. The van der Waals surface area contributed by atoms with Gasteiger partial charge < -0.3 is 9.84 Å². The molecule has 0 amide bonds. The molecule has 3 rings (SSSR count). The second-order valence-electron chi connectivity index (χ2n) is 4.76. The van der Waals surface area contributed by atoms with Crippen molar-refractivity contribution < 1.29 is 14.6 Å². The Morgan fingerprint density at radius 3 is 2.33 bits per heavy atom. The van der Waals surface area contributed by atoms with Gasteiger partial charge in [-0.15, -0.1) is 15.0 Å². The number of aromatic nitrogens is 3. The van der Waals surface area contributed by atoms with Gasteiger partial charge >= 0.3 is 5.97 Å². The van der Waals surface area contributed by atoms with Gasteiger partial charge in [0, 0.05) is 0 Å². The molecule has 24 heavy (non-hydrogen) atoms. The Kier molecular flexibility index (Phi) is 4.69. The molecule has 1 N–H and O–H groups in total. The minimum Gasteiger partial charge on any atom is -0.487 e. The monoisotopic (exact) mass is 363 g/mol. The zero-order valence-electron chi connectivity index (χ0n) is 12.2. The molecule has 0 aliphatic carbocycles. The standard InChI is InChI=1S/C16H11Cl2N3O3/c17-11-7-4-8-12(18)15(11)21-19-13(14(20-21)16(22)23)9-24-10-5-2-1-3-6-10/h1-8H,9H2,(H,22,23). The van der Waals surface area contributed by atoms with Crippen LogP contribution in [0.2, 0.25) is 10.0 Å². The quantitative estimate of drug-likeness (QED) is 0.744.